The summed E-state index contributed by atoms with van der Waals surface area (Å²) in [6, 6.07) is 6.11. The Balaban J connectivity index is 1.96. The molecule has 0 amide bonds. The van der Waals surface area contributed by atoms with Gasteiger partial charge < -0.3 is 14.4 Å². The Labute approximate surface area is 126 Å². The van der Waals surface area contributed by atoms with E-state index in [0.29, 0.717) is 0 Å². The van der Waals surface area contributed by atoms with Crippen molar-refractivity contribution in [2.75, 3.05) is 57.7 Å². The van der Waals surface area contributed by atoms with E-state index in [-0.39, 0.29) is 0 Å². The first-order chi connectivity index (χ1) is 9.78. The highest BCUT2D eigenvalue weighted by Crippen LogP contribution is 2.31. The predicted octanol–water partition coefficient (Wildman–Crippen LogP) is 2.45. The van der Waals surface area contributed by atoms with Crippen LogP contribution in [0.15, 0.2) is 18.2 Å². The van der Waals surface area contributed by atoms with Gasteiger partial charge in [-0.3, -0.25) is 4.90 Å². The SMILES string of the molecule is COc1ccc(N2CCN(CCCCl)CC2)cc1OC. The molecule has 20 heavy (non-hydrogen) atoms. The lowest BCUT2D eigenvalue weighted by atomic mass is 10.2. The van der Waals surface area contributed by atoms with E-state index in [1.165, 1.54) is 5.69 Å². The molecule has 5 heteroatoms. The molecule has 0 spiro atoms. The molecule has 4 nitrogen and oxygen atoms in total. The second kappa shape index (κ2) is 7.60. The number of piperazine rings is 1. The summed E-state index contributed by atoms with van der Waals surface area (Å²) in [7, 11) is 3.33. The number of hydrogen-bond donors (Lipinski definition) is 0. The van der Waals surface area contributed by atoms with Gasteiger partial charge in [0.05, 0.1) is 14.2 Å². The summed E-state index contributed by atoms with van der Waals surface area (Å²) in [6.07, 6.45) is 1.07. The number of benzene rings is 1. The molecule has 0 aromatic heterocycles. The van der Waals surface area contributed by atoms with Crippen molar-refractivity contribution in [2.24, 2.45) is 0 Å². The number of methoxy groups -OCH3 is 2. The van der Waals surface area contributed by atoms with Crippen LogP contribution in [0.3, 0.4) is 0 Å². The molecular weight excluding hydrogens is 276 g/mol. The Morgan fingerprint density at radius 1 is 1.05 bits per heavy atom. The minimum atomic E-state index is 0.746. The summed E-state index contributed by atoms with van der Waals surface area (Å²) in [6.45, 7) is 5.36. The van der Waals surface area contributed by atoms with Crippen molar-refractivity contribution < 1.29 is 9.47 Å². The Morgan fingerprint density at radius 3 is 2.35 bits per heavy atom. The van der Waals surface area contributed by atoms with E-state index in [1.54, 1.807) is 14.2 Å². The molecule has 0 N–H and O–H groups in total. The van der Waals surface area contributed by atoms with Gasteiger partial charge >= 0.3 is 0 Å². The van der Waals surface area contributed by atoms with Gasteiger partial charge in [-0.2, -0.15) is 0 Å². The third-order valence-corrected chi connectivity index (χ3v) is 3.98. The van der Waals surface area contributed by atoms with Crippen molar-refractivity contribution in [2.45, 2.75) is 6.42 Å². The lowest BCUT2D eigenvalue weighted by Gasteiger charge is -2.36. The van der Waals surface area contributed by atoms with Crippen molar-refractivity contribution >= 4 is 17.3 Å². The molecule has 0 unspecified atom stereocenters. The Bertz CT molecular complexity index is 420. The van der Waals surface area contributed by atoms with Crippen molar-refractivity contribution in [3.63, 3.8) is 0 Å². The Kier molecular flexibility index (Phi) is 5.80. The van der Waals surface area contributed by atoms with Crippen molar-refractivity contribution in [3.8, 4) is 11.5 Å². The van der Waals surface area contributed by atoms with Crippen LogP contribution in [0.2, 0.25) is 0 Å². The van der Waals surface area contributed by atoms with Crippen LogP contribution in [-0.2, 0) is 0 Å². The molecule has 0 aliphatic carbocycles. The molecule has 0 atom stereocenters. The van der Waals surface area contributed by atoms with Gasteiger partial charge in [0, 0.05) is 43.8 Å². The molecule has 0 radical (unpaired) electrons. The predicted molar refractivity (Wildman–Crippen MR) is 83.5 cm³/mol. The summed E-state index contributed by atoms with van der Waals surface area (Å²) in [5.41, 5.74) is 1.19. The Morgan fingerprint density at radius 2 is 1.75 bits per heavy atom. The average Bonchev–Trinajstić information content (AvgIpc) is 2.52. The van der Waals surface area contributed by atoms with Gasteiger partial charge in [0.15, 0.2) is 11.5 Å². The fraction of sp³-hybridized carbons (Fsp3) is 0.600. The third kappa shape index (κ3) is 3.70. The van der Waals surface area contributed by atoms with Crippen LogP contribution >= 0.6 is 11.6 Å². The molecular formula is C15H23ClN2O2. The Hall–Kier alpha value is -1.13. The van der Waals surface area contributed by atoms with E-state index in [4.69, 9.17) is 21.1 Å². The quantitative estimate of drug-likeness (QED) is 0.753. The monoisotopic (exact) mass is 298 g/mol. The van der Waals surface area contributed by atoms with E-state index in [2.05, 4.69) is 15.9 Å². The van der Waals surface area contributed by atoms with Gasteiger partial charge in [0.2, 0.25) is 0 Å². The van der Waals surface area contributed by atoms with Gasteiger partial charge in [0.25, 0.3) is 0 Å². The zero-order valence-corrected chi connectivity index (χ0v) is 13.0. The molecule has 1 aliphatic heterocycles. The molecule has 0 bridgehead atoms. The highest BCUT2D eigenvalue weighted by molar-refractivity contribution is 6.17. The van der Waals surface area contributed by atoms with Crippen LogP contribution in [0.25, 0.3) is 0 Å². The zero-order chi connectivity index (χ0) is 14.4. The first-order valence-corrected chi connectivity index (χ1v) is 7.57. The number of halogens is 1. The van der Waals surface area contributed by atoms with E-state index >= 15 is 0 Å². The maximum Gasteiger partial charge on any atom is 0.162 e. The van der Waals surface area contributed by atoms with Crippen molar-refractivity contribution in [1.82, 2.24) is 4.90 Å². The number of alkyl halides is 1. The second-order valence-electron chi connectivity index (χ2n) is 4.91. The molecule has 1 aliphatic rings. The third-order valence-electron chi connectivity index (χ3n) is 3.71. The first kappa shape index (κ1) is 15.3. The fourth-order valence-electron chi connectivity index (χ4n) is 2.53. The fourth-order valence-corrected chi connectivity index (χ4v) is 2.65. The molecule has 1 heterocycles. The van der Waals surface area contributed by atoms with E-state index in [9.17, 15) is 0 Å². The topological polar surface area (TPSA) is 24.9 Å². The van der Waals surface area contributed by atoms with Crippen molar-refractivity contribution in [3.05, 3.63) is 18.2 Å². The minimum absolute atomic E-state index is 0.746. The molecule has 0 saturated carbocycles. The van der Waals surface area contributed by atoms with Crippen LogP contribution in [0.1, 0.15) is 6.42 Å². The normalized spacial score (nSPS) is 16.2. The summed E-state index contributed by atoms with van der Waals surface area (Å²) in [5.74, 6) is 2.31. The number of ether oxygens (including phenoxy) is 2. The van der Waals surface area contributed by atoms with E-state index < -0.39 is 0 Å². The van der Waals surface area contributed by atoms with Gasteiger partial charge in [-0.25, -0.2) is 0 Å². The maximum absolute atomic E-state index is 5.74. The highest BCUT2D eigenvalue weighted by Gasteiger charge is 2.17. The largest absolute Gasteiger partial charge is 0.493 e. The van der Waals surface area contributed by atoms with Crippen LogP contribution in [0.5, 0.6) is 11.5 Å². The van der Waals surface area contributed by atoms with Gasteiger partial charge in [-0.05, 0) is 25.1 Å². The van der Waals surface area contributed by atoms with Crippen molar-refractivity contribution in [1.29, 1.82) is 0 Å². The summed E-state index contributed by atoms with van der Waals surface area (Å²) in [4.78, 5) is 4.86. The first-order valence-electron chi connectivity index (χ1n) is 7.03. The van der Waals surface area contributed by atoms with Crippen LogP contribution in [-0.4, -0.2) is 57.7 Å². The van der Waals surface area contributed by atoms with Gasteiger partial charge in [-0.15, -0.1) is 11.6 Å². The molecule has 112 valence electrons. The average molecular weight is 299 g/mol. The van der Waals surface area contributed by atoms with E-state index in [0.717, 1.165) is 56.5 Å². The summed E-state index contributed by atoms with van der Waals surface area (Å²) < 4.78 is 10.6. The maximum atomic E-state index is 5.74. The lowest BCUT2D eigenvalue weighted by molar-refractivity contribution is 0.259. The molecule has 1 aromatic carbocycles. The highest BCUT2D eigenvalue weighted by atomic mass is 35.5. The zero-order valence-electron chi connectivity index (χ0n) is 12.3. The van der Waals surface area contributed by atoms with Gasteiger partial charge in [-0.1, -0.05) is 0 Å². The number of anilines is 1. The number of rotatable bonds is 6. The summed E-state index contributed by atoms with van der Waals surface area (Å²) >= 11 is 5.74. The van der Waals surface area contributed by atoms with Crippen LogP contribution in [0.4, 0.5) is 5.69 Å². The lowest BCUT2D eigenvalue weighted by Crippen LogP contribution is -2.46. The molecule has 2 rings (SSSR count). The molecule has 1 saturated heterocycles. The number of nitrogens with zero attached hydrogens (tertiary/aromatic N) is 2. The molecule has 1 aromatic rings. The van der Waals surface area contributed by atoms with Crippen LogP contribution < -0.4 is 14.4 Å². The summed E-state index contributed by atoms with van der Waals surface area (Å²) in [5, 5.41) is 0. The van der Waals surface area contributed by atoms with Gasteiger partial charge in [0.1, 0.15) is 0 Å². The standard InChI is InChI=1S/C15H23ClN2O2/c1-19-14-5-4-13(12-15(14)20-2)18-10-8-17(9-11-18)7-3-6-16/h4-5,12H,3,6-11H2,1-2H3. The second-order valence-corrected chi connectivity index (χ2v) is 5.29. The van der Waals surface area contributed by atoms with E-state index in [1.807, 2.05) is 12.1 Å². The smallest absolute Gasteiger partial charge is 0.162 e. The minimum Gasteiger partial charge on any atom is -0.493 e. The van der Waals surface area contributed by atoms with Crippen LogP contribution in [0, 0.1) is 0 Å². The molecule has 1 fully saturated rings. The number of hydrogen-bond acceptors (Lipinski definition) is 4.